The van der Waals surface area contributed by atoms with Crippen molar-refractivity contribution in [3.63, 3.8) is 0 Å². The first kappa shape index (κ1) is 18.8. The third kappa shape index (κ3) is 5.03. The number of halogens is 1. The van der Waals surface area contributed by atoms with Gasteiger partial charge in [0.25, 0.3) is 11.8 Å². The lowest BCUT2D eigenvalue weighted by Gasteiger charge is -2.13. The summed E-state index contributed by atoms with van der Waals surface area (Å²) < 4.78 is 13.0. The molecule has 1 saturated heterocycles. The molecule has 8 nitrogen and oxygen atoms in total. The van der Waals surface area contributed by atoms with Crippen molar-refractivity contribution in [2.75, 3.05) is 0 Å². The maximum atomic E-state index is 13.0. The van der Waals surface area contributed by atoms with Crippen molar-refractivity contribution in [1.29, 1.82) is 0 Å². The van der Waals surface area contributed by atoms with Gasteiger partial charge in [-0.1, -0.05) is 12.1 Å². The molecule has 2 aromatic rings. The first-order valence-electron chi connectivity index (χ1n) is 8.10. The Bertz CT molecular complexity index is 833. The number of aromatic nitrogens is 1. The zero-order chi connectivity index (χ0) is 19.2. The SMILES string of the molecule is O=C(NC(=S)NNC(=O)C1CC(c2ccc(F)cc2)NN1)c1cccnc1. The largest absolute Gasteiger partial charge is 0.298 e. The molecule has 1 aromatic carbocycles. The molecule has 0 radical (unpaired) electrons. The molecular weight excluding hydrogens is 371 g/mol. The van der Waals surface area contributed by atoms with Crippen LogP contribution < -0.4 is 27.0 Å². The lowest BCUT2D eigenvalue weighted by Crippen LogP contribution is -2.53. The summed E-state index contributed by atoms with van der Waals surface area (Å²) >= 11 is 4.99. The summed E-state index contributed by atoms with van der Waals surface area (Å²) in [6.07, 6.45) is 3.42. The van der Waals surface area contributed by atoms with Crippen LogP contribution in [-0.2, 0) is 4.79 Å². The minimum Gasteiger partial charge on any atom is -0.298 e. The molecule has 5 N–H and O–H groups in total. The van der Waals surface area contributed by atoms with Gasteiger partial charge >= 0.3 is 0 Å². The minimum absolute atomic E-state index is 0.0433. The second kappa shape index (κ2) is 8.62. The van der Waals surface area contributed by atoms with Crippen LogP contribution in [0.4, 0.5) is 4.39 Å². The van der Waals surface area contributed by atoms with Crippen LogP contribution in [-0.4, -0.2) is 28.0 Å². The smallest absolute Gasteiger partial charge is 0.259 e. The number of hydrazine groups is 2. The zero-order valence-electron chi connectivity index (χ0n) is 14.0. The van der Waals surface area contributed by atoms with Crippen LogP contribution >= 0.6 is 12.2 Å². The Hall–Kier alpha value is -2.95. The van der Waals surface area contributed by atoms with Crippen molar-refractivity contribution in [3.8, 4) is 0 Å². The van der Waals surface area contributed by atoms with Gasteiger partial charge in [0.15, 0.2) is 5.11 Å². The van der Waals surface area contributed by atoms with Gasteiger partial charge in [-0.3, -0.25) is 30.7 Å². The van der Waals surface area contributed by atoms with Gasteiger partial charge in [0.1, 0.15) is 11.9 Å². The molecule has 1 aromatic heterocycles. The molecule has 0 aliphatic carbocycles. The fourth-order valence-electron chi connectivity index (χ4n) is 2.55. The van der Waals surface area contributed by atoms with E-state index < -0.39 is 11.9 Å². The molecule has 2 amide bonds. The summed E-state index contributed by atoms with van der Waals surface area (Å²) in [5, 5.41) is 2.39. The Balaban J connectivity index is 1.45. The van der Waals surface area contributed by atoms with Crippen LogP contribution in [0.1, 0.15) is 28.4 Å². The maximum Gasteiger partial charge on any atom is 0.259 e. The third-order valence-corrected chi connectivity index (χ3v) is 4.15. The van der Waals surface area contributed by atoms with Gasteiger partial charge in [-0.25, -0.2) is 15.2 Å². The first-order chi connectivity index (χ1) is 13.0. The summed E-state index contributed by atoms with van der Waals surface area (Å²) in [5.74, 6) is -1.11. The molecule has 140 valence electrons. The predicted molar refractivity (Wildman–Crippen MR) is 99.4 cm³/mol. The summed E-state index contributed by atoms with van der Waals surface area (Å²) in [6, 6.07) is 8.64. The average molecular weight is 388 g/mol. The highest BCUT2D eigenvalue weighted by molar-refractivity contribution is 7.80. The number of amides is 2. The van der Waals surface area contributed by atoms with Gasteiger partial charge in [0, 0.05) is 18.4 Å². The fraction of sp³-hybridized carbons (Fsp3) is 0.176. The summed E-state index contributed by atoms with van der Waals surface area (Å²) in [7, 11) is 0. The molecule has 2 unspecified atom stereocenters. The predicted octanol–water partition coefficient (Wildman–Crippen LogP) is 0.464. The van der Waals surface area contributed by atoms with Gasteiger partial charge < -0.3 is 0 Å². The van der Waals surface area contributed by atoms with Crippen molar-refractivity contribution in [3.05, 3.63) is 65.7 Å². The summed E-state index contributed by atoms with van der Waals surface area (Å²) in [4.78, 5) is 28.0. The number of hydrogen-bond donors (Lipinski definition) is 5. The fourth-order valence-corrected chi connectivity index (χ4v) is 2.69. The van der Waals surface area contributed by atoms with E-state index >= 15 is 0 Å². The maximum absolute atomic E-state index is 13.0. The number of benzene rings is 1. The molecule has 1 aliphatic heterocycles. The first-order valence-corrected chi connectivity index (χ1v) is 8.51. The molecule has 2 heterocycles. The summed E-state index contributed by atoms with van der Waals surface area (Å²) in [6.45, 7) is 0. The van der Waals surface area contributed by atoms with E-state index in [1.807, 2.05) is 0 Å². The average Bonchev–Trinajstić information content (AvgIpc) is 3.17. The lowest BCUT2D eigenvalue weighted by molar-refractivity contribution is -0.123. The molecule has 0 saturated carbocycles. The Labute approximate surface area is 159 Å². The molecule has 2 atom stereocenters. The normalized spacial score (nSPS) is 18.6. The van der Waals surface area contributed by atoms with Gasteiger partial charge in [-0.2, -0.15) is 0 Å². The molecule has 1 aliphatic rings. The number of nitrogens with zero attached hydrogens (tertiary/aromatic N) is 1. The number of nitrogens with one attached hydrogen (secondary N) is 5. The van der Waals surface area contributed by atoms with Gasteiger partial charge in [-0.15, -0.1) is 0 Å². The van der Waals surface area contributed by atoms with Crippen molar-refractivity contribution < 1.29 is 14.0 Å². The standard InChI is InChI=1S/C17H17FN6O2S/c18-12-5-3-10(4-6-12)13-8-14(22-21-13)16(26)23-24-17(27)20-15(25)11-2-1-7-19-9-11/h1-7,9,13-14,21-22H,8H2,(H,23,26)(H2,20,24,25,27). The molecule has 1 fully saturated rings. The molecule has 0 spiro atoms. The van der Waals surface area contributed by atoms with E-state index in [4.69, 9.17) is 12.2 Å². The number of rotatable bonds is 3. The molecular formula is C17H17FN6O2S. The number of hydrogen-bond acceptors (Lipinski definition) is 6. The number of carbonyl (C=O) groups is 2. The highest BCUT2D eigenvalue weighted by atomic mass is 32.1. The Morgan fingerprint density at radius 1 is 1.15 bits per heavy atom. The van der Waals surface area contributed by atoms with Crippen molar-refractivity contribution >= 4 is 29.1 Å². The van der Waals surface area contributed by atoms with E-state index in [1.54, 1.807) is 30.5 Å². The van der Waals surface area contributed by atoms with Crippen molar-refractivity contribution in [1.82, 2.24) is 32.0 Å². The second-order valence-corrected chi connectivity index (χ2v) is 6.23. The lowest BCUT2D eigenvalue weighted by atomic mass is 10.0. The van der Waals surface area contributed by atoms with Crippen LogP contribution in [0, 0.1) is 5.82 Å². The topological polar surface area (TPSA) is 107 Å². The van der Waals surface area contributed by atoms with E-state index in [-0.39, 0.29) is 22.9 Å². The van der Waals surface area contributed by atoms with E-state index in [2.05, 4.69) is 32.0 Å². The number of carbonyl (C=O) groups excluding carboxylic acids is 2. The van der Waals surface area contributed by atoms with Crippen LogP contribution in [0.3, 0.4) is 0 Å². The van der Waals surface area contributed by atoms with Crippen LogP contribution in [0.5, 0.6) is 0 Å². The van der Waals surface area contributed by atoms with E-state index in [0.717, 1.165) is 5.56 Å². The minimum atomic E-state index is -0.524. The van der Waals surface area contributed by atoms with Crippen LogP contribution in [0.15, 0.2) is 48.8 Å². The zero-order valence-corrected chi connectivity index (χ0v) is 14.8. The number of pyridine rings is 1. The third-order valence-electron chi connectivity index (χ3n) is 3.94. The molecule has 0 bridgehead atoms. The highest BCUT2D eigenvalue weighted by Gasteiger charge is 2.30. The van der Waals surface area contributed by atoms with Gasteiger partial charge in [0.2, 0.25) is 0 Å². The van der Waals surface area contributed by atoms with E-state index in [9.17, 15) is 14.0 Å². The molecule has 10 heteroatoms. The van der Waals surface area contributed by atoms with E-state index in [0.29, 0.717) is 12.0 Å². The Kier molecular flexibility index (Phi) is 6.01. The molecule has 3 rings (SSSR count). The molecule has 27 heavy (non-hydrogen) atoms. The van der Waals surface area contributed by atoms with Crippen LogP contribution in [0.2, 0.25) is 0 Å². The van der Waals surface area contributed by atoms with Crippen molar-refractivity contribution in [2.24, 2.45) is 0 Å². The number of thiocarbonyl (C=S) groups is 1. The highest BCUT2D eigenvalue weighted by Crippen LogP contribution is 2.22. The van der Waals surface area contributed by atoms with Gasteiger partial charge in [0.05, 0.1) is 5.56 Å². The van der Waals surface area contributed by atoms with Crippen LogP contribution in [0.25, 0.3) is 0 Å². The van der Waals surface area contributed by atoms with Crippen molar-refractivity contribution in [2.45, 2.75) is 18.5 Å². The second-order valence-electron chi connectivity index (χ2n) is 5.82. The quantitative estimate of drug-likeness (QED) is 0.384. The Morgan fingerprint density at radius 2 is 1.93 bits per heavy atom. The summed E-state index contributed by atoms with van der Waals surface area (Å²) in [5.41, 5.74) is 12.0. The monoisotopic (exact) mass is 388 g/mol. The Morgan fingerprint density at radius 3 is 2.63 bits per heavy atom. The van der Waals surface area contributed by atoms with Gasteiger partial charge in [-0.05, 0) is 48.5 Å². The van der Waals surface area contributed by atoms with E-state index in [1.165, 1.54) is 18.3 Å².